The van der Waals surface area contributed by atoms with Crippen molar-refractivity contribution in [2.45, 2.75) is 44.2 Å². The number of piperidine rings is 1. The molecule has 3 aromatic rings. The highest BCUT2D eigenvalue weighted by Gasteiger charge is 2.49. The second-order valence-electron chi connectivity index (χ2n) is 8.92. The fourth-order valence-corrected chi connectivity index (χ4v) is 5.24. The van der Waals surface area contributed by atoms with Crippen LogP contribution in [0.5, 0.6) is 0 Å². The fourth-order valence-electron chi connectivity index (χ4n) is 5.24. The normalized spacial score (nSPS) is 23.8. The molecule has 31 heavy (non-hydrogen) atoms. The number of nitrogens with one attached hydrogen (secondary N) is 1. The van der Waals surface area contributed by atoms with E-state index in [4.69, 9.17) is 0 Å². The minimum absolute atomic E-state index is 0.181. The van der Waals surface area contributed by atoms with E-state index >= 15 is 0 Å². The SMILES string of the molecule is Cc1ccccc1-c1ncc(CN2C[C@@H](c3ccccc3)[C@@]3(CCCC(=O)N3)C2)cn1. The maximum absolute atomic E-state index is 12.3. The number of carbonyl (C=O) groups is 1. The number of benzene rings is 2. The molecular formula is C26H28N4O. The third-order valence-corrected chi connectivity index (χ3v) is 6.73. The van der Waals surface area contributed by atoms with Crippen LogP contribution in [0.4, 0.5) is 0 Å². The van der Waals surface area contributed by atoms with E-state index in [1.54, 1.807) is 0 Å². The number of carbonyl (C=O) groups excluding carboxylic acids is 1. The van der Waals surface area contributed by atoms with Crippen LogP contribution in [0.2, 0.25) is 0 Å². The lowest BCUT2D eigenvalue weighted by Crippen LogP contribution is -2.56. The second kappa shape index (κ2) is 8.23. The zero-order chi connectivity index (χ0) is 21.3. The van der Waals surface area contributed by atoms with E-state index in [-0.39, 0.29) is 11.4 Å². The molecule has 2 saturated heterocycles. The van der Waals surface area contributed by atoms with E-state index < -0.39 is 0 Å². The molecule has 1 amide bonds. The van der Waals surface area contributed by atoms with Gasteiger partial charge in [0.05, 0.1) is 5.54 Å². The van der Waals surface area contributed by atoms with E-state index in [1.807, 2.05) is 24.5 Å². The molecule has 0 unspecified atom stereocenters. The third kappa shape index (κ3) is 3.98. The van der Waals surface area contributed by atoms with Crippen LogP contribution in [0.3, 0.4) is 0 Å². The Labute approximate surface area is 183 Å². The Kier molecular flexibility index (Phi) is 5.28. The van der Waals surface area contributed by atoms with Gasteiger partial charge in [0.15, 0.2) is 5.82 Å². The van der Waals surface area contributed by atoms with Gasteiger partial charge in [-0.25, -0.2) is 9.97 Å². The van der Waals surface area contributed by atoms with Gasteiger partial charge in [-0.15, -0.1) is 0 Å². The Morgan fingerprint density at radius 1 is 1.06 bits per heavy atom. The Hall–Kier alpha value is -3.05. The van der Waals surface area contributed by atoms with Gasteiger partial charge < -0.3 is 5.32 Å². The van der Waals surface area contributed by atoms with Gasteiger partial charge in [-0.3, -0.25) is 9.69 Å². The van der Waals surface area contributed by atoms with Crippen molar-refractivity contribution >= 4 is 5.91 Å². The highest BCUT2D eigenvalue weighted by molar-refractivity contribution is 5.78. The molecule has 1 N–H and O–H groups in total. The molecule has 3 heterocycles. The zero-order valence-electron chi connectivity index (χ0n) is 17.9. The summed E-state index contributed by atoms with van der Waals surface area (Å²) in [6.07, 6.45) is 6.50. The van der Waals surface area contributed by atoms with Crippen molar-refractivity contribution in [3.05, 3.63) is 83.7 Å². The van der Waals surface area contributed by atoms with Gasteiger partial charge >= 0.3 is 0 Å². The van der Waals surface area contributed by atoms with Gasteiger partial charge in [0.1, 0.15) is 0 Å². The number of hydrogen-bond donors (Lipinski definition) is 1. The number of rotatable bonds is 4. The van der Waals surface area contributed by atoms with E-state index in [0.29, 0.717) is 12.3 Å². The molecule has 2 aromatic carbocycles. The first-order valence-corrected chi connectivity index (χ1v) is 11.1. The van der Waals surface area contributed by atoms with Crippen molar-refractivity contribution < 1.29 is 4.79 Å². The molecule has 1 spiro atoms. The average Bonchev–Trinajstić information content (AvgIpc) is 3.12. The summed E-state index contributed by atoms with van der Waals surface area (Å²) in [6, 6.07) is 18.8. The molecule has 5 nitrogen and oxygen atoms in total. The van der Waals surface area contributed by atoms with Crippen molar-refractivity contribution in [1.29, 1.82) is 0 Å². The van der Waals surface area contributed by atoms with Gasteiger partial charge in [-0.05, 0) is 30.9 Å². The van der Waals surface area contributed by atoms with E-state index in [2.05, 4.69) is 69.6 Å². The van der Waals surface area contributed by atoms with Gasteiger partial charge in [0.25, 0.3) is 0 Å². The molecular weight excluding hydrogens is 384 g/mol. The minimum atomic E-state index is -0.182. The Balaban J connectivity index is 1.36. The summed E-state index contributed by atoms with van der Waals surface area (Å²) >= 11 is 0. The molecule has 2 fully saturated rings. The lowest BCUT2D eigenvalue weighted by atomic mass is 9.76. The quantitative estimate of drug-likeness (QED) is 0.701. The first kappa shape index (κ1) is 19.9. The molecule has 2 aliphatic rings. The number of hydrogen-bond acceptors (Lipinski definition) is 4. The number of nitrogens with zero attached hydrogens (tertiary/aromatic N) is 3. The summed E-state index contributed by atoms with van der Waals surface area (Å²) in [4.78, 5) is 24.0. The average molecular weight is 413 g/mol. The van der Waals surface area contributed by atoms with Gasteiger partial charge in [0.2, 0.25) is 5.91 Å². The minimum Gasteiger partial charge on any atom is -0.349 e. The van der Waals surface area contributed by atoms with Crippen molar-refractivity contribution in [2.24, 2.45) is 0 Å². The summed E-state index contributed by atoms with van der Waals surface area (Å²) in [6.45, 7) is 4.65. The maximum atomic E-state index is 12.3. The molecule has 0 saturated carbocycles. The molecule has 158 valence electrons. The molecule has 5 rings (SSSR count). The summed E-state index contributed by atoms with van der Waals surface area (Å²) in [5.41, 5.74) is 4.47. The molecule has 2 atom stereocenters. The third-order valence-electron chi connectivity index (χ3n) is 6.73. The first-order chi connectivity index (χ1) is 15.1. The van der Waals surface area contributed by atoms with Gasteiger partial charge in [-0.2, -0.15) is 0 Å². The van der Waals surface area contributed by atoms with Crippen LogP contribution in [0, 0.1) is 6.92 Å². The first-order valence-electron chi connectivity index (χ1n) is 11.1. The van der Waals surface area contributed by atoms with Crippen LogP contribution in [-0.2, 0) is 11.3 Å². The van der Waals surface area contributed by atoms with Crippen LogP contribution in [0.1, 0.15) is 41.9 Å². The standard InChI is InChI=1S/C26H28N4O/c1-19-8-5-6-11-22(19)25-27-14-20(15-28-25)16-30-17-23(21-9-3-2-4-10-21)26(18-30)13-7-12-24(31)29-26/h2-6,8-11,14-15,23H,7,12-13,16-18H2,1H3,(H,29,31)/t23-,26+/m0/s1. The molecule has 2 aliphatic heterocycles. The van der Waals surface area contributed by atoms with E-state index in [0.717, 1.165) is 49.4 Å². The van der Waals surface area contributed by atoms with Crippen LogP contribution in [0.15, 0.2) is 67.0 Å². The van der Waals surface area contributed by atoms with Crippen LogP contribution >= 0.6 is 0 Å². The van der Waals surface area contributed by atoms with Crippen LogP contribution in [-0.4, -0.2) is 39.4 Å². The zero-order valence-corrected chi connectivity index (χ0v) is 17.9. The van der Waals surface area contributed by atoms with Crippen molar-refractivity contribution in [2.75, 3.05) is 13.1 Å². The highest BCUT2D eigenvalue weighted by Crippen LogP contribution is 2.41. The van der Waals surface area contributed by atoms with Crippen molar-refractivity contribution in [1.82, 2.24) is 20.2 Å². The predicted molar refractivity (Wildman–Crippen MR) is 121 cm³/mol. The maximum Gasteiger partial charge on any atom is 0.220 e. The van der Waals surface area contributed by atoms with Gasteiger partial charge in [-0.1, -0.05) is 54.6 Å². The van der Waals surface area contributed by atoms with Crippen LogP contribution in [0.25, 0.3) is 11.4 Å². The number of amides is 1. The lowest BCUT2D eigenvalue weighted by molar-refractivity contribution is -0.125. The molecule has 0 aliphatic carbocycles. The topological polar surface area (TPSA) is 58.1 Å². The monoisotopic (exact) mass is 412 g/mol. The predicted octanol–water partition coefficient (Wildman–Crippen LogP) is 4.09. The molecule has 0 bridgehead atoms. The van der Waals surface area contributed by atoms with Crippen molar-refractivity contribution in [3.8, 4) is 11.4 Å². The number of aromatic nitrogens is 2. The van der Waals surface area contributed by atoms with Crippen LogP contribution < -0.4 is 5.32 Å². The summed E-state index contributed by atoms with van der Waals surface area (Å²) in [7, 11) is 0. The summed E-state index contributed by atoms with van der Waals surface area (Å²) in [5, 5.41) is 3.38. The summed E-state index contributed by atoms with van der Waals surface area (Å²) in [5.74, 6) is 1.24. The Morgan fingerprint density at radius 2 is 1.81 bits per heavy atom. The van der Waals surface area contributed by atoms with Gasteiger partial charge in [0, 0.05) is 55.5 Å². The Morgan fingerprint density at radius 3 is 2.55 bits per heavy atom. The molecule has 5 heteroatoms. The van der Waals surface area contributed by atoms with Crippen molar-refractivity contribution in [3.63, 3.8) is 0 Å². The number of aryl methyl sites for hydroxylation is 1. The molecule has 0 radical (unpaired) electrons. The molecule has 1 aromatic heterocycles. The number of likely N-dealkylation sites (tertiary alicyclic amines) is 1. The smallest absolute Gasteiger partial charge is 0.220 e. The van der Waals surface area contributed by atoms with E-state index in [1.165, 1.54) is 11.1 Å². The fraction of sp³-hybridized carbons (Fsp3) is 0.346. The lowest BCUT2D eigenvalue weighted by Gasteiger charge is -2.39. The van der Waals surface area contributed by atoms with E-state index in [9.17, 15) is 4.79 Å². The Bertz CT molecular complexity index is 1070. The highest BCUT2D eigenvalue weighted by atomic mass is 16.1. The second-order valence-corrected chi connectivity index (χ2v) is 8.92. The largest absolute Gasteiger partial charge is 0.349 e. The summed E-state index contributed by atoms with van der Waals surface area (Å²) < 4.78 is 0.